The number of aromatic hydroxyl groups is 1. The minimum atomic E-state index is -0.619. The van der Waals surface area contributed by atoms with E-state index < -0.39 is 17.4 Å². The van der Waals surface area contributed by atoms with Crippen LogP contribution in [0.5, 0.6) is 5.75 Å². The van der Waals surface area contributed by atoms with Gasteiger partial charge in [-0.3, -0.25) is 5.73 Å². The maximum Gasteiger partial charge on any atom is 0.328 e. The van der Waals surface area contributed by atoms with E-state index in [0.717, 1.165) is 0 Å². The first-order valence-corrected chi connectivity index (χ1v) is 3.48. The largest absolute Gasteiger partial charge is 0.690 e. The lowest BCUT2D eigenvalue weighted by molar-refractivity contribution is -0.709. The highest BCUT2D eigenvalue weighted by Gasteiger charge is 2.27. The molecule has 2 rings (SSSR count). The van der Waals surface area contributed by atoms with Gasteiger partial charge >= 0.3 is 5.82 Å². The van der Waals surface area contributed by atoms with Crippen LogP contribution in [0.25, 0.3) is 11.0 Å². The summed E-state index contributed by atoms with van der Waals surface area (Å²) < 4.78 is 0.321. The van der Waals surface area contributed by atoms with Crippen LogP contribution in [0.2, 0.25) is 0 Å². The highest BCUT2D eigenvalue weighted by Crippen LogP contribution is 2.34. The molecule has 0 saturated heterocycles. The molecule has 0 aliphatic rings. The first-order chi connectivity index (χ1) is 6.46. The first kappa shape index (κ1) is 8.16. The van der Waals surface area contributed by atoms with Gasteiger partial charge in [-0.05, 0) is 4.85 Å². The maximum absolute atomic E-state index is 11.0. The minimum absolute atomic E-state index is 0.0447. The fourth-order valence-electron chi connectivity index (χ4n) is 1.26. The lowest BCUT2D eigenvalue weighted by Gasteiger charge is -2.02. The summed E-state index contributed by atoms with van der Waals surface area (Å²) in [6, 6.07) is 0. The molecule has 0 aliphatic heterocycles. The van der Waals surface area contributed by atoms with Crippen LogP contribution >= 0.6 is 0 Å². The third-order valence-electron chi connectivity index (χ3n) is 1.95. The van der Waals surface area contributed by atoms with E-state index in [1.54, 1.807) is 0 Å². The predicted molar refractivity (Wildman–Crippen MR) is 43.7 cm³/mol. The molecule has 0 spiro atoms. The third-order valence-corrected chi connectivity index (χ3v) is 1.95. The molecule has 9 heteroatoms. The van der Waals surface area contributed by atoms with Gasteiger partial charge in [-0.2, -0.15) is 4.73 Å². The van der Waals surface area contributed by atoms with Crippen molar-refractivity contribution in [2.45, 2.75) is 0 Å². The molecule has 9 nitrogen and oxygen atoms in total. The predicted octanol–water partition coefficient (Wildman–Crippen LogP) is -1.58. The van der Waals surface area contributed by atoms with E-state index in [0.29, 0.717) is 4.73 Å². The molecule has 0 unspecified atom stereocenters. The van der Waals surface area contributed by atoms with Gasteiger partial charge < -0.3 is 26.5 Å². The Morgan fingerprint density at radius 3 is 2.29 bits per heavy atom. The van der Waals surface area contributed by atoms with Gasteiger partial charge in [0.1, 0.15) is 0 Å². The van der Waals surface area contributed by atoms with E-state index in [-0.39, 0.29) is 20.7 Å². The maximum atomic E-state index is 11.0. The minimum Gasteiger partial charge on any atom is -0.690 e. The number of aromatic nitrogens is 3. The lowest BCUT2D eigenvalue weighted by atomic mass is 10.4. The number of nitrogen functional groups attached to an aromatic ring is 2. The molecule has 76 valence electrons. The Labute approximate surface area is 76.1 Å². The number of fused-ring (bicyclic) bond motifs is 1. The van der Waals surface area contributed by atoms with Crippen LogP contribution in [0.1, 0.15) is 0 Å². The molecular formula is C5H7N5O4. The second-order valence-corrected chi connectivity index (χ2v) is 2.69. The molecule has 0 aliphatic carbocycles. The molecule has 0 bridgehead atoms. The molecule has 14 heavy (non-hydrogen) atoms. The lowest BCUT2D eigenvalue weighted by Crippen LogP contribution is -2.38. The summed E-state index contributed by atoms with van der Waals surface area (Å²) in [5, 5.41) is 38.7. The highest BCUT2D eigenvalue weighted by molar-refractivity contribution is 5.94. The average Bonchev–Trinajstić information content (AvgIpc) is 2.51. The number of nitrogens with zero attached hydrogens (tertiary/aromatic N) is 3. The van der Waals surface area contributed by atoms with Crippen molar-refractivity contribution in [3.63, 3.8) is 0 Å². The number of nitrogens with two attached hydrogens (primary N) is 2. The number of rotatable bonds is 0. The van der Waals surface area contributed by atoms with Crippen molar-refractivity contribution < 1.29 is 20.4 Å². The Kier molecular flexibility index (Phi) is 1.21. The zero-order valence-electron chi connectivity index (χ0n) is 6.75. The smallest absolute Gasteiger partial charge is 0.328 e. The topological polar surface area (TPSA) is 150 Å². The summed E-state index contributed by atoms with van der Waals surface area (Å²) in [6.45, 7) is 0. The van der Waals surface area contributed by atoms with Crippen molar-refractivity contribution in [1.82, 2.24) is 9.58 Å². The van der Waals surface area contributed by atoms with Crippen molar-refractivity contribution >= 4 is 22.7 Å². The summed E-state index contributed by atoms with van der Waals surface area (Å²) in [5.41, 5.74) is 9.86. The summed E-state index contributed by atoms with van der Waals surface area (Å²) >= 11 is 0. The number of hydrogen-bond donors (Lipinski definition) is 5. The Bertz CT molecular complexity index is 439. The molecule has 7 N–H and O–H groups in total. The van der Waals surface area contributed by atoms with E-state index in [9.17, 15) is 15.5 Å². The van der Waals surface area contributed by atoms with Crippen LogP contribution in [-0.4, -0.2) is 25.1 Å². The normalized spacial score (nSPS) is 11.1. The summed E-state index contributed by atoms with van der Waals surface area (Å²) in [4.78, 5) is -0.0559. The third kappa shape index (κ3) is 0.620. The van der Waals surface area contributed by atoms with Crippen molar-refractivity contribution in [3.05, 3.63) is 5.21 Å². The van der Waals surface area contributed by atoms with Crippen LogP contribution in [-0.2, 0) is 0 Å². The molecule has 2 aromatic rings. The molecule has 0 fully saturated rings. The van der Waals surface area contributed by atoms with Crippen LogP contribution in [0.3, 0.4) is 0 Å². The monoisotopic (exact) mass is 201 g/mol. The molecule has 0 aromatic carbocycles. The van der Waals surface area contributed by atoms with Gasteiger partial charge in [-0.25, -0.2) is 0 Å². The van der Waals surface area contributed by atoms with Gasteiger partial charge in [-0.15, -0.1) is 4.85 Å². The quantitative estimate of drug-likeness (QED) is 0.197. The van der Waals surface area contributed by atoms with E-state index in [2.05, 4.69) is 0 Å². The molecular weight excluding hydrogens is 194 g/mol. The zero-order valence-corrected chi connectivity index (χ0v) is 6.75. The highest BCUT2D eigenvalue weighted by atomic mass is 16.6. The Hall–Kier alpha value is -2.45. The second kappa shape index (κ2) is 2.07. The van der Waals surface area contributed by atoms with Crippen molar-refractivity contribution in [2.75, 3.05) is 11.5 Å². The summed E-state index contributed by atoms with van der Waals surface area (Å²) in [5.74, 6) is -1.51. The molecule has 2 aromatic heterocycles. The Balaban J connectivity index is 3.08. The Morgan fingerprint density at radius 1 is 1.21 bits per heavy atom. The molecule has 0 atom stereocenters. The fourth-order valence-corrected chi connectivity index (χ4v) is 1.26. The van der Waals surface area contributed by atoms with Gasteiger partial charge in [0, 0.05) is 0 Å². The second-order valence-electron chi connectivity index (χ2n) is 2.69. The van der Waals surface area contributed by atoms with Crippen LogP contribution in [0, 0.1) is 5.21 Å². The van der Waals surface area contributed by atoms with Crippen LogP contribution < -0.4 is 16.3 Å². The van der Waals surface area contributed by atoms with Gasteiger partial charge in [0.05, 0.1) is 0 Å². The van der Waals surface area contributed by atoms with E-state index >= 15 is 0 Å². The molecule has 0 radical (unpaired) electrons. The number of hydrogen-bond acceptors (Lipinski definition) is 6. The van der Waals surface area contributed by atoms with Crippen molar-refractivity contribution in [3.8, 4) is 5.75 Å². The summed E-state index contributed by atoms with van der Waals surface area (Å²) in [6.07, 6.45) is 0. The van der Waals surface area contributed by atoms with Crippen molar-refractivity contribution in [2.24, 2.45) is 0 Å². The van der Waals surface area contributed by atoms with Gasteiger partial charge in [0.2, 0.25) is 11.0 Å². The molecule has 2 heterocycles. The standard InChI is InChI=1S/C5H7N5O4/c6-4-2-1(9(13)10(4)14)3(11)5(7)8(2)12/h11-13H,6-7H2. The fraction of sp³-hybridized carbons (Fsp3) is 0. The zero-order chi connectivity index (χ0) is 10.6. The van der Waals surface area contributed by atoms with Gasteiger partial charge in [0.25, 0.3) is 0 Å². The van der Waals surface area contributed by atoms with E-state index in [1.165, 1.54) is 0 Å². The van der Waals surface area contributed by atoms with Gasteiger partial charge in [0.15, 0.2) is 11.6 Å². The van der Waals surface area contributed by atoms with E-state index in [4.69, 9.17) is 16.7 Å². The van der Waals surface area contributed by atoms with Crippen LogP contribution in [0.4, 0.5) is 11.6 Å². The first-order valence-electron chi connectivity index (χ1n) is 3.48. The summed E-state index contributed by atoms with van der Waals surface area (Å²) in [7, 11) is 0. The van der Waals surface area contributed by atoms with Crippen LogP contribution in [0.15, 0.2) is 0 Å². The van der Waals surface area contributed by atoms with Crippen molar-refractivity contribution in [1.29, 1.82) is 0 Å². The van der Waals surface area contributed by atoms with Gasteiger partial charge in [-0.1, -0.05) is 0 Å². The van der Waals surface area contributed by atoms with E-state index in [1.807, 2.05) is 0 Å². The molecule has 0 saturated carbocycles. The number of anilines is 2. The molecule has 0 amide bonds. The Morgan fingerprint density at radius 2 is 1.79 bits per heavy atom. The average molecular weight is 201 g/mol. The SMILES string of the molecule is Nc1c(O)c2c(c(N)[n+]([O-])n2O)n1O.